The lowest BCUT2D eigenvalue weighted by Gasteiger charge is -2.61. The zero-order valence-electron chi connectivity index (χ0n) is 22.1. The van der Waals surface area contributed by atoms with Crippen molar-refractivity contribution in [1.82, 2.24) is 0 Å². The topological polar surface area (TPSA) is 26.3 Å². The van der Waals surface area contributed by atoms with Crippen molar-refractivity contribution in [2.45, 2.75) is 125 Å². The molecule has 0 saturated heterocycles. The number of fused-ring (bicyclic) bond motifs is 5. The lowest BCUT2D eigenvalue weighted by Crippen LogP contribution is -2.53. The third kappa shape index (κ3) is 3.90. The van der Waals surface area contributed by atoms with E-state index in [9.17, 15) is 4.79 Å². The Labute approximate surface area is 198 Å². The molecule has 3 fully saturated rings. The van der Waals surface area contributed by atoms with Gasteiger partial charge in [-0.15, -0.1) is 0 Å². The highest BCUT2D eigenvalue weighted by atomic mass is 16.5. The van der Waals surface area contributed by atoms with Crippen molar-refractivity contribution in [2.24, 2.45) is 45.8 Å². The Morgan fingerprint density at radius 3 is 2.50 bits per heavy atom. The summed E-state index contributed by atoms with van der Waals surface area (Å²) >= 11 is 0. The quantitative estimate of drug-likeness (QED) is 0.305. The molecule has 32 heavy (non-hydrogen) atoms. The average Bonchev–Trinajstić information content (AvgIpc) is 2.99. The first kappa shape index (κ1) is 24.3. The number of rotatable bonds is 6. The summed E-state index contributed by atoms with van der Waals surface area (Å²) < 4.78 is 5.65. The standard InChI is InChI=1S/C30H50O2/c1-20(2)9-8-10-21(3)25-14-17-30(7)27-12-11-23-19-24(32-22(4)31)13-16-28(23,5)26(27)15-18-29(25,30)6/h12,20-21,23-26H,8-11,13-19H2,1-7H3/t21-,23+,24+,25-,26-,28+,29+,30+/m0/s1. The minimum atomic E-state index is -0.105. The Morgan fingerprint density at radius 2 is 1.81 bits per heavy atom. The van der Waals surface area contributed by atoms with E-state index in [4.69, 9.17) is 4.74 Å². The van der Waals surface area contributed by atoms with Crippen LogP contribution in [0.5, 0.6) is 0 Å². The second-order valence-corrected chi connectivity index (χ2v) is 13.4. The van der Waals surface area contributed by atoms with Crippen LogP contribution in [-0.4, -0.2) is 12.1 Å². The van der Waals surface area contributed by atoms with Crippen LogP contribution >= 0.6 is 0 Å². The highest BCUT2D eigenvalue weighted by Gasteiger charge is 2.63. The Kier molecular flexibility index (Phi) is 6.67. The minimum absolute atomic E-state index is 0.105. The van der Waals surface area contributed by atoms with E-state index in [1.54, 1.807) is 6.92 Å². The van der Waals surface area contributed by atoms with Crippen molar-refractivity contribution in [2.75, 3.05) is 0 Å². The fraction of sp³-hybridized carbons (Fsp3) is 0.900. The molecule has 0 aromatic rings. The summed E-state index contributed by atoms with van der Waals surface area (Å²) in [6.07, 6.45) is 17.2. The fourth-order valence-corrected chi connectivity index (χ4v) is 9.21. The number of allylic oxidation sites excluding steroid dienone is 2. The van der Waals surface area contributed by atoms with E-state index in [2.05, 4.69) is 47.6 Å². The number of hydrogen-bond donors (Lipinski definition) is 0. The molecular formula is C30H50O2. The number of ether oxygens (including phenoxy) is 1. The Morgan fingerprint density at radius 1 is 1.06 bits per heavy atom. The second kappa shape index (κ2) is 8.77. The summed E-state index contributed by atoms with van der Waals surface area (Å²) in [6, 6.07) is 0. The number of carbonyl (C=O) groups excluding carboxylic acids is 1. The molecule has 4 aliphatic rings. The van der Waals surface area contributed by atoms with Crippen LogP contribution in [0, 0.1) is 45.8 Å². The van der Waals surface area contributed by atoms with E-state index in [0.29, 0.717) is 22.2 Å². The van der Waals surface area contributed by atoms with Crippen LogP contribution in [0.15, 0.2) is 11.6 Å². The molecule has 2 heteroatoms. The highest BCUT2D eigenvalue weighted by Crippen LogP contribution is 2.72. The molecule has 0 N–H and O–H groups in total. The van der Waals surface area contributed by atoms with Crippen molar-refractivity contribution in [1.29, 1.82) is 0 Å². The molecule has 8 atom stereocenters. The van der Waals surface area contributed by atoms with E-state index >= 15 is 0 Å². The number of hydrogen-bond acceptors (Lipinski definition) is 2. The molecule has 0 radical (unpaired) electrons. The minimum Gasteiger partial charge on any atom is -0.463 e. The van der Waals surface area contributed by atoms with Gasteiger partial charge in [0.05, 0.1) is 0 Å². The van der Waals surface area contributed by atoms with Gasteiger partial charge in [0.1, 0.15) is 6.10 Å². The zero-order valence-corrected chi connectivity index (χ0v) is 22.1. The maximum atomic E-state index is 11.5. The molecule has 4 rings (SSSR count). The van der Waals surface area contributed by atoms with Gasteiger partial charge in [0, 0.05) is 6.92 Å². The molecule has 0 bridgehead atoms. The molecule has 182 valence electrons. The molecule has 2 nitrogen and oxygen atoms in total. The lowest BCUT2D eigenvalue weighted by atomic mass is 9.43. The fourth-order valence-electron chi connectivity index (χ4n) is 9.21. The first-order valence-electron chi connectivity index (χ1n) is 13.9. The monoisotopic (exact) mass is 442 g/mol. The van der Waals surface area contributed by atoms with Gasteiger partial charge in [0.2, 0.25) is 0 Å². The summed E-state index contributed by atoms with van der Waals surface area (Å²) in [6.45, 7) is 16.8. The van der Waals surface area contributed by atoms with Crippen molar-refractivity contribution in [3.8, 4) is 0 Å². The number of carbonyl (C=O) groups is 1. The Bertz CT molecular complexity index is 737. The van der Waals surface area contributed by atoms with Crippen LogP contribution in [0.1, 0.15) is 119 Å². The normalized spacial score (nSPS) is 44.3. The van der Waals surface area contributed by atoms with Crippen molar-refractivity contribution >= 4 is 5.97 Å². The molecule has 0 heterocycles. The maximum absolute atomic E-state index is 11.5. The summed E-state index contributed by atoms with van der Waals surface area (Å²) in [5.74, 6) is 3.88. The predicted octanol–water partition coefficient (Wildman–Crippen LogP) is 8.35. The summed E-state index contributed by atoms with van der Waals surface area (Å²) in [5.41, 5.74) is 3.08. The van der Waals surface area contributed by atoms with Crippen molar-refractivity contribution in [3.63, 3.8) is 0 Å². The van der Waals surface area contributed by atoms with Gasteiger partial charge in [-0.3, -0.25) is 4.79 Å². The van der Waals surface area contributed by atoms with Gasteiger partial charge >= 0.3 is 5.97 Å². The van der Waals surface area contributed by atoms with Crippen LogP contribution < -0.4 is 0 Å². The van der Waals surface area contributed by atoms with Crippen LogP contribution in [0.3, 0.4) is 0 Å². The molecule has 0 spiro atoms. The van der Waals surface area contributed by atoms with Crippen LogP contribution in [0.4, 0.5) is 0 Å². The van der Waals surface area contributed by atoms with E-state index in [1.165, 1.54) is 57.8 Å². The molecular weight excluding hydrogens is 392 g/mol. The summed E-state index contributed by atoms with van der Waals surface area (Å²) in [7, 11) is 0. The molecule has 4 aliphatic carbocycles. The molecule has 0 aliphatic heterocycles. The van der Waals surface area contributed by atoms with Gasteiger partial charge in [0.25, 0.3) is 0 Å². The average molecular weight is 443 g/mol. The molecule has 0 aromatic carbocycles. The van der Waals surface area contributed by atoms with Gasteiger partial charge in [0.15, 0.2) is 0 Å². The van der Waals surface area contributed by atoms with Gasteiger partial charge in [-0.2, -0.15) is 0 Å². The third-order valence-electron chi connectivity index (χ3n) is 11.4. The van der Waals surface area contributed by atoms with E-state index in [-0.39, 0.29) is 12.1 Å². The summed E-state index contributed by atoms with van der Waals surface area (Å²) in [5, 5.41) is 0. The van der Waals surface area contributed by atoms with E-state index < -0.39 is 0 Å². The Hall–Kier alpha value is -0.790. The maximum Gasteiger partial charge on any atom is 0.302 e. The molecule has 0 aromatic heterocycles. The van der Waals surface area contributed by atoms with Crippen LogP contribution in [0.2, 0.25) is 0 Å². The van der Waals surface area contributed by atoms with Crippen molar-refractivity contribution < 1.29 is 9.53 Å². The molecule has 0 amide bonds. The van der Waals surface area contributed by atoms with E-state index in [0.717, 1.165) is 36.5 Å². The van der Waals surface area contributed by atoms with Crippen LogP contribution in [0.25, 0.3) is 0 Å². The van der Waals surface area contributed by atoms with Gasteiger partial charge in [-0.25, -0.2) is 0 Å². The lowest BCUT2D eigenvalue weighted by molar-refractivity contribution is -0.152. The smallest absolute Gasteiger partial charge is 0.302 e. The SMILES string of the molecule is CC(=O)O[C@@H]1CC[C@]2(C)[C@H](CC=C3[C@@H]2CC[C@]2(C)[C@H]([C@@H](C)CCCC(C)C)CC[C@]32C)C1. The molecule has 0 unspecified atom stereocenters. The third-order valence-corrected chi connectivity index (χ3v) is 11.4. The first-order chi connectivity index (χ1) is 15.0. The predicted molar refractivity (Wildman–Crippen MR) is 133 cm³/mol. The van der Waals surface area contributed by atoms with Gasteiger partial charge < -0.3 is 4.74 Å². The van der Waals surface area contributed by atoms with Crippen molar-refractivity contribution in [3.05, 3.63) is 11.6 Å². The summed E-state index contributed by atoms with van der Waals surface area (Å²) in [4.78, 5) is 11.5. The second-order valence-electron chi connectivity index (χ2n) is 13.4. The number of esters is 1. The zero-order chi connectivity index (χ0) is 23.3. The first-order valence-corrected chi connectivity index (χ1v) is 13.9. The van der Waals surface area contributed by atoms with Gasteiger partial charge in [-0.1, -0.05) is 72.5 Å². The molecule has 3 saturated carbocycles. The Balaban J connectivity index is 1.53. The van der Waals surface area contributed by atoms with E-state index in [1.807, 2.05) is 5.57 Å². The van der Waals surface area contributed by atoms with Gasteiger partial charge in [-0.05, 0) is 97.2 Å². The highest BCUT2D eigenvalue weighted by molar-refractivity contribution is 5.66. The largest absolute Gasteiger partial charge is 0.463 e. The van der Waals surface area contributed by atoms with Crippen LogP contribution in [-0.2, 0) is 9.53 Å².